The Balaban J connectivity index is 1.09. The first kappa shape index (κ1) is 25.0. The molecule has 1 spiro atoms. The highest BCUT2D eigenvalue weighted by molar-refractivity contribution is 6.05. The van der Waals surface area contributed by atoms with E-state index in [1.165, 1.54) is 0 Å². The zero-order valence-electron chi connectivity index (χ0n) is 56.1. The molecule has 1 heteroatoms. The van der Waals surface area contributed by atoms with Crippen LogP contribution in [0.4, 0.5) is 17.1 Å². The Morgan fingerprint density at radius 3 is 1.59 bits per heavy atom. The van der Waals surface area contributed by atoms with Crippen molar-refractivity contribution < 1.29 is 26.0 Å². The van der Waals surface area contributed by atoms with Gasteiger partial charge in [-0.2, -0.15) is 0 Å². The van der Waals surface area contributed by atoms with Gasteiger partial charge >= 0.3 is 0 Å². The van der Waals surface area contributed by atoms with E-state index in [4.69, 9.17) is 11.0 Å². The van der Waals surface area contributed by atoms with E-state index in [0.717, 1.165) is 66.8 Å². The summed E-state index contributed by atoms with van der Waals surface area (Å²) in [7, 11) is 0. The standard InChI is InChI=1S/C68H47N/c1-67(2)58-25-12-8-21-53(58)56-42-40-50(43-63(56)67)69(64-30-16-29-62-66(64)57-24-11-15-28-61(57)68(62)59-26-13-9-22-54(59)55-23-10-14-27-60(55)68)49-38-35-47(36-39-49)52-41-37-46-19-6-7-20-51(46)65(52)48-33-31-45(32-34-48)44-17-4-3-5-18-44/h3-43H,1-2H3/i3D,4D,5D,6D,7D,17D,18D,19D,20D,31D,32D,33D,34D,35D,36D,37D,38D,39D,41D. The molecule has 69 heavy (non-hydrogen) atoms. The number of rotatable bonds is 6. The van der Waals surface area contributed by atoms with E-state index in [-0.39, 0.29) is 5.69 Å². The predicted molar refractivity (Wildman–Crippen MR) is 289 cm³/mol. The Kier molecular flexibility index (Phi) is 5.44. The fourth-order valence-corrected chi connectivity index (χ4v) is 11.4. The lowest BCUT2D eigenvalue weighted by atomic mass is 9.70. The highest BCUT2D eigenvalue weighted by atomic mass is 15.1. The van der Waals surface area contributed by atoms with E-state index in [2.05, 4.69) is 62.4 Å². The van der Waals surface area contributed by atoms with Crippen LogP contribution in [0, 0.1) is 0 Å². The molecule has 0 aliphatic heterocycles. The maximum absolute atomic E-state index is 10.4. The first-order chi connectivity index (χ1) is 41.9. The summed E-state index contributed by atoms with van der Waals surface area (Å²) in [5, 5.41) is -1.17. The van der Waals surface area contributed by atoms with Crippen molar-refractivity contribution in [3.63, 3.8) is 0 Å². The molecule has 0 N–H and O–H groups in total. The number of hydrogen-bond acceptors (Lipinski definition) is 1. The molecule has 0 amide bonds. The summed E-state index contributed by atoms with van der Waals surface area (Å²) in [5.74, 6) is 0. The number of nitrogens with zero attached hydrogens (tertiary/aromatic N) is 1. The summed E-state index contributed by atoms with van der Waals surface area (Å²) in [6.07, 6.45) is 0. The molecule has 0 saturated heterocycles. The number of anilines is 3. The van der Waals surface area contributed by atoms with Crippen LogP contribution in [0.2, 0.25) is 0 Å². The minimum Gasteiger partial charge on any atom is -0.310 e. The molecule has 3 aliphatic rings. The van der Waals surface area contributed by atoms with Gasteiger partial charge in [0, 0.05) is 22.4 Å². The van der Waals surface area contributed by atoms with Crippen molar-refractivity contribution in [2.24, 2.45) is 0 Å². The van der Waals surface area contributed by atoms with Crippen LogP contribution in [0.5, 0.6) is 0 Å². The average molecular weight is 897 g/mol. The Labute approximate surface area is 431 Å². The molecule has 324 valence electrons. The van der Waals surface area contributed by atoms with Gasteiger partial charge < -0.3 is 4.90 Å². The van der Waals surface area contributed by atoms with Gasteiger partial charge in [0.15, 0.2) is 0 Å². The van der Waals surface area contributed by atoms with Gasteiger partial charge in [0.1, 0.15) is 0 Å². The zero-order valence-corrected chi connectivity index (χ0v) is 37.1. The van der Waals surface area contributed by atoms with E-state index in [1.54, 1.807) is 4.90 Å². The van der Waals surface area contributed by atoms with E-state index < -0.39 is 170 Å². The maximum Gasteiger partial charge on any atom is 0.0726 e. The third kappa shape index (κ3) is 5.65. The molecule has 0 saturated carbocycles. The monoisotopic (exact) mass is 896 g/mol. The normalized spacial score (nSPS) is 17.7. The van der Waals surface area contributed by atoms with Crippen LogP contribution < -0.4 is 4.90 Å². The molecular weight excluding hydrogens is 831 g/mol. The lowest BCUT2D eigenvalue weighted by Crippen LogP contribution is -2.26. The van der Waals surface area contributed by atoms with Crippen molar-refractivity contribution in [3.8, 4) is 66.8 Å². The summed E-state index contributed by atoms with van der Waals surface area (Å²) in [6, 6.07) is 28.7. The highest BCUT2D eigenvalue weighted by Crippen LogP contribution is 2.65. The largest absolute Gasteiger partial charge is 0.310 e. The lowest BCUT2D eigenvalue weighted by molar-refractivity contribution is 0.660. The van der Waals surface area contributed by atoms with Crippen LogP contribution >= 0.6 is 0 Å². The molecule has 0 heterocycles. The fourth-order valence-electron chi connectivity index (χ4n) is 11.4. The topological polar surface area (TPSA) is 3.24 Å². The molecular formula is C68H47N. The lowest BCUT2D eigenvalue weighted by Gasteiger charge is -2.32. The second-order valence-corrected chi connectivity index (χ2v) is 18.0. The summed E-state index contributed by atoms with van der Waals surface area (Å²) < 4.78 is 177. The van der Waals surface area contributed by atoms with Gasteiger partial charge in [-0.05, 0) is 136 Å². The molecule has 0 aromatic heterocycles. The van der Waals surface area contributed by atoms with Gasteiger partial charge in [-0.1, -0.05) is 232 Å². The van der Waals surface area contributed by atoms with E-state index in [9.17, 15) is 15.1 Å². The van der Waals surface area contributed by atoms with Crippen molar-refractivity contribution in [3.05, 3.63) is 282 Å². The van der Waals surface area contributed by atoms with E-state index in [1.807, 2.05) is 84.9 Å². The molecule has 0 unspecified atom stereocenters. The number of fused-ring (bicyclic) bond motifs is 14. The smallest absolute Gasteiger partial charge is 0.0726 e. The first-order valence-electron chi connectivity index (χ1n) is 32.2. The van der Waals surface area contributed by atoms with Gasteiger partial charge in [-0.3, -0.25) is 0 Å². The molecule has 0 radical (unpaired) electrons. The second-order valence-electron chi connectivity index (χ2n) is 18.0. The highest BCUT2D eigenvalue weighted by Gasteiger charge is 2.52. The molecule has 11 aromatic carbocycles. The van der Waals surface area contributed by atoms with Crippen molar-refractivity contribution in [2.75, 3.05) is 4.90 Å². The third-order valence-electron chi connectivity index (χ3n) is 14.3. The third-order valence-corrected chi connectivity index (χ3v) is 14.3. The van der Waals surface area contributed by atoms with E-state index >= 15 is 0 Å². The van der Waals surface area contributed by atoms with Crippen LogP contribution in [0.3, 0.4) is 0 Å². The van der Waals surface area contributed by atoms with Gasteiger partial charge in [-0.25, -0.2) is 0 Å². The Morgan fingerprint density at radius 2 is 0.884 bits per heavy atom. The van der Waals surface area contributed by atoms with Crippen molar-refractivity contribution in [1.29, 1.82) is 0 Å². The molecule has 14 rings (SSSR count). The molecule has 0 fully saturated rings. The minimum absolute atomic E-state index is 0.236. The second kappa shape index (κ2) is 15.0. The van der Waals surface area contributed by atoms with E-state index in [0.29, 0.717) is 11.4 Å². The van der Waals surface area contributed by atoms with Gasteiger partial charge in [0.05, 0.1) is 37.1 Å². The summed E-state index contributed by atoms with van der Waals surface area (Å²) >= 11 is 0. The van der Waals surface area contributed by atoms with Crippen LogP contribution in [0.15, 0.2) is 248 Å². The van der Waals surface area contributed by atoms with Crippen LogP contribution in [0.1, 0.15) is 73.3 Å². The van der Waals surface area contributed by atoms with Gasteiger partial charge in [-0.15, -0.1) is 0 Å². The Bertz CT molecular complexity index is 4900. The predicted octanol–water partition coefficient (Wildman–Crippen LogP) is 18.0. The van der Waals surface area contributed by atoms with Crippen molar-refractivity contribution in [2.45, 2.75) is 24.7 Å². The quantitative estimate of drug-likeness (QED) is 0.161. The first-order valence-corrected chi connectivity index (χ1v) is 22.7. The van der Waals surface area contributed by atoms with Crippen LogP contribution in [-0.4, -0.2) is 0 Å². The maximum atomic E-state index is 10.4. The Morgan fingerprint density at radius 1 is 0.348 bits per heavy atom. The molecule has 0 bridgehead atoms. The number of benzene rings is 11. The van der Waals surface area contributed by atoms with Crippen LogP contribution in [0.25, 0.3) is 77.5 Å². The summed E-state index contributed by atoms with van der Waals surface area (Å²) in [5.41, 5.74) is 6.92. The average Bonchev–Trinajstić information content (AvgIpc) is 1.11. The van der Waals surface area contributed by atoms with Crippen molar-refractivity contribution >= 4 is 27.8 Å². The van der Waals surface area contributed by atoms with Gasteiger partial charge in [0.25, 0.3) is 0 Å². The SMILES string of the molecule is [2H]c1c([2H])c([2H])c(-c2c([2H])c([2H])c(-c3c(-c4c([2H])c([2H])c(N(c5ccc6c(c5)C(C)(C)c5ccccc5-6)c5cccc6c5-c5ccccc5C65c6ccccc6-c6ccccc65)c([2H])c4[2H])c([2H])c([2H])c4c([2H])c([2H])c([2H])c([2H])c34)c([2H])c2[2H])c([2H])c1[2H]. The molecule has 11 aromatic rings. The Hall–Kier alpha value is -8.52. The van der Waals surface area contributed by atoms with Crippen molar-refractivity contribution in [1.82, 2.24) is 0 Å². The minimum atomic E-state index is -0.974. The summed E-state index contributed by atoms with van der Waals surface area (Å²) in [4.78, 5) is 1.72. The van der Waals surface area contributed by atoms with Gasteiger partial charge in [0.2, 0.25) is 0 Å². The fraction of sp³-hybridized carbons (Fsp3) is 0.0588. The molecule has 3 aliphatic carbocycles. The molecule has 0 atom stereocenters. The zero-order chi connectivity index (χ0) is 62.4. The number of hydrogen-bond donors (Lipinski definition) is 0. The van der Waals surface area contributed by atoms with Crippen LogP contribution in [-0.2, 0) is 10.8 Å². The molecule has 1 nitrogen and oxygen atoms in total. The summed E-state index contributed by atoms with van der Waals surface area (Å²) in [6.45, 7) is 4.24.